The summed E-state index contributed by atoms with van der Waals surface area (Å²) >= 11 is 0. The molecule has 1 heterocycles. The van der Waals surface area contributed by atoms with Gasteiger partial charge in [0.1, 0.15) is 5.78 Å². The molecule has 3 atom stereocenters. The Morgan fingerprint density at radius 1 is 1.08 bits per heavy atom. The summed E-state index contributed by atoms with van der Waals surface area (Å²) in [6.07, 6.45) is 8.60. The van der Waals surface area contributed by atoms with Gasteiger partial charge in [0.15, 0.2) is 11.5 Å². The lowest BCUT2D eigenvalue weighted by atomic mass is 9.55. The second-order valence-electron chi connectivity index (χ2n) is 8.75. The molecule has 0 bridgehead atoms. The van der Waals surface area contributed by atoms with Crippen molar-refractivity contribution >= 4 is 5.78 Å². The van der Waals surface area contributed by atoms with Crippen molar-refractivity contribution in [2.24, 2.45) is 5.41 Å². The summed E-state index contributed by atoms with van der Waals surface area (Å²) in [4.78, 5) is 14.7. The van der Waals surface area contributed by atoms with Crippen LogP contribution in [-0.4, -0.2) is 44.5 Å². The van der Waals surface area contributed by atoms with Crippen molar-refractivity contribution in [1.82, 2.24) is 4.90 Å². The van der Waals surface area contributed by atoms with E-state index in [1.54, 1.807) is 14.2 Å². The first kappa shape index (κ1) is 17.8. The summed E-state index contributed by atoms with van der Waals surface area (Å²) in [7, 11) is 5.66. The lowest BCUT2D eigenvalue weighted by Crippen LogP contribution is -2.50. The van der Waals surface area contributed by atoms with Gasteiger partial charge in [0, 0.05) is 24.3 Å². The van der Waals surface area contributed by atoms with E-state index in [0.717, 1.165) is 43.7 Å². The van der Waals surface area contributed by atoms with E-state index in [1.807, 2.05) is 6.07 Å². The van der Waals surface area contributed by atoms with Crippen molar-refractivity contribution in [2.45, 2.75) is 62.8 Å². The number of carbonyl (C=O) groups is 1. The number of nitrogens with zero attached hydrogens (tertiary/aromatic N) is 1. The normalized spacial score (nSPS) is 34.7. The van der Waals surface area contributed by atoms with Crippen LogP contribution in [0.4, 0.5) is 0 Å². The zero-order valence-electron chi connectivity index (χ0n) is 16.3. The molecule has 1 aromatic carbocycles. The highest BCUT2D eigenvalue weighted by molar-refractivity contribution is 5.80. The molecule has 1 unspecified atom stereocenters. The molecule has 0 amide bonds. The Kier molecular flexibility index (Phi) is 4.50. The van der Waals surface area contributed by atoms with Crippen LogP contribution >= 0.6 is 0 Å². The van der Waals surface area contributed by atoms with Gasteiger partial charge in [0.25, 0.3) is 0 Å². The number of carbonyl (C=O) groups excluding carboxylic acids is 1. The summed E-state index contributed by atoms with van der Waals surface area (Å²) in [6, 6.07) is 6.99. The number of ether oxygens (including phenoxy) is 2. The summed E-state index contributed by atoms with van der Waals surface area (Å²) in [6.45, 7) is 1.13. The fraction of sp³-hybridized carbons (Fsp3) is 0.682. The zero-order valence-corrected chi connectivity index (χ0v) is 16.3. The van der Waals surface area contributed by atoms with Gasteiger partial charge in [0.2, 0.25) is 0 Å². The largest absolute Gasteiger partial charge is 0.493 e. The molecule has 26 heavy (non-hydrogen) atoms. The standard InChI is InChI=1S/C22H31NO3/c1-23-12-11-22(16-6-7-18(25-2)19(13-16)26-3)10-9-21(15-20(22)23)8-4-5-17(24)14-21/h6-7,13,20H,4-5,8-12,14-15H2,1-3H3/t20-,21?,22-/m0/s1. The number of benzene rings is 1. The third-order valence-electron chi connectivity index (χ3n) is 7.50. The van der Waals surface area contributed by atoms with E-state index >= 15 is 0 Å². The Hall–Kier alpha value is -1.55. The van der Waals surface area contributed by atoms with Crippen molar-refractivity contribution in [1.29, 1.82) is 0 Å². The van der Waals surface area contributed by atoms with E-state index in [2.05, 4.69) is 24.1 Å². The minimum absolute atomic E-state index is 0.181. The topological polar surface area (TPSA) is 38.8 Å². The van der Waals surface area contributed by atoms with Crippen molar-refractivity contribution in [3.8, 4) is 11.5 Å². The highest BCUT2D eigenvalue weighted by Gasteiger charge is 2.55. The lowest BCUT2D eigenvalue weighted by Gasteiger charge is -2.51. The zero-order chi connectivity index (χ0) is 18.4. The van der Waals surface area contributed by atoms with Crippen LogP contribution in [0.3, 0.4) is 0 Å². The average molecular weight is 357 g/mol. The maximum Gasteiger partial charge on any atom is 0.161 e. The fourth-order valence-electron chi connectivity index (χ4n) is 6.03. The van der Waals surface area contributed by atoms with E-state index in [-0.39, 0.29) is 10.8 Å². The predicted molar refractivity (Wildman–Crippen MR) is 102 cm³/mol. The van der Waals surface area contributed by atoms with Crippen LogP contribution < -0.4 is 9.47 Å². The number of ketones is 1. The number of fused-ring (bicyclic) bond motifs is 1. The first-order valence-corrected chi connectivity index (χ1v) is 9.96. The number of hydrogen-bond donors (Lipinski definition) is 0. The molecule has 4 heteroatoms. The van der Waals surface area contributed by atoms with Gasteiger partial charge in [-0.25, -0.2) is 0 Å². The Balaban J connectivity index is 1.68. The van der Waals surface area contributed by atoms with E-state index in [4.69, 9.17) is 9.47 Å². The maximum atomic E-state index is 12.2. The molecule has 4 rings (SSSR count). The number of likely N-dealkylation sites (N-methyl/N-ethyl adjacent to an activating group) is 1. The van der Waals surface area contributed by atoms with Gasteiger partial charge in [-0.15, -0.1) is 0 Å². The van der Waals surface area contributed by atoms with Crippen LogP contribution in [0.5, 0.6) is 11.5 Å². The molecule has 142 valence electrons. The van der Waals surface area contributed by atoms with E-state index in [1.165, 1.54) is 31.2 Å². The molecule has 3 fully saturated rings. The van der Waals surface area contributed by atoms with E-state index in [9.17, 15) is 4.79 Å². The Morgan fingerprint density at radius 3 is 2.62 bits per heavy atom. The first-order valence-electron chi connectivity index (χ1n) is 9.96. The van der Waals surface area contributed by atoms with Crippen molar-refractivity contribution in [3.63, 3.8) is 0 Å². The number of methoxy groups -OCH3 is 2. The molecule has 2 saturated carbocycles. The molecule has 3 aliphatic rings. The van der Waals surface area contributed by atoms with Crippen molar-refractivity contribution in [2.75, 3.05) is 27.8 Å². The minimum atomic E-state index is 0.181. The Bertz CT molecular complexity index is 703. The quantitative estimate of drug-likeness (QED) is 0.821. The van der Waals surface area contributed by atoms with Gasteiger partial charge in [-0.3, -0.25) is 4.79 Å². The number of Topliss-reactive ketones (excluding diaryl/α,β-unsaturated/α-hetero) is 1. The van der Waals surface area contributed by atoms with Gasteiger partial charge < -0.3 is 14.4 Å². The number of rotatable bonds is 3. The summed E-state index contributed by atoms with van der Waals surface area (Å²) < 4.78 is 11.0. The molecule has 0 radical (unpaired) electrons. The second kappa shape index (κ2) is 6.56. The van der Waals surface area contributed by atoms with E-state index in [0.29, 0.717) is 11.8 Å². The van der Waals surface area contributed by atoms with E-state index < -0.39 is 0 Å². The fourth-order valence-corrected chi connectivity index (χ4v) is 6.03. The van der Waals surface area contributed by atoms with Gasteiger partial charge in [-0.1, -0.05) is 6.07 Å². The predicted octanol–water partition coefficient (Wildman–Crippen LogP) is 3.96. The van der Waals surface area contributed by atoms with Crippen LogP contribution in [0, 0.1) is 5.41 Å². The summed E-state index contributed by atoms with van der Waals surface area (Å²) in [5, 5.41) is 0. The van der Waals surface area contributed by atoms with Crippen molar-refractivity contribution in [3.05, 3.63) is 23.8 Å². The molecule has 4 nitrogen and oxygen atoms in total. The molecule has 0 N–H and O–H groups in total. The molecule has 2 aliphatic carbocycles. The van der Waals surface area contributed by atoms with Gasteiger partial charge in [-0.2, -0.15) is 0 Å². The van der Waals surface area contributed by atoms with Gasteiger partial charge >= 0.3 is 0 Å². The molecule has 1 aromatic rings. The van der Waals surface area contributed by atoms with Gasteiger partial charge in [-0.05, 0) is 75.2 Å². The third kappa shape index (κ3) is 2.74. The third-order valence-corrected chi connectivity index (χ3v) is 7.50. The van der Waals surface area contributed by atoms with Crippen LogP contribution in [0.25, 0.3) is 0 Å². The highest BCUT2D eigenvalue weighted by atomic mass is 16.5. The maximum absolute atomic E-state index is 12.2. The van der Waals surface area contributed by atoms with Crippen LogP contribution in [0.1, 0.15) is 56.9 Å². The summed E-state index contributed by atoms with van der Waals surface area (Å²) in [5.41, 5.74) is 1.81. The van der Waals surface area contributed by atoms with Crippen LogP contribution in [0.15, 0.2) is 18.2 Å². The molecule has 1 saturated heterocycles. The summed E-state index contributed by atoms with van der Waals surface area (Å²) in [5.74, 6) is 2.09. The Morgan fingerprint density at radius 2 is 1.88 bits per heavy atom. The average Bonchev–Trinajstić information content (AvgIpc) is 2.98. The molecule has 0 aromatic heterocycles. The molecule has 1 spiro atoms. The minimum Gasteiger partial charge on any atom is -0.493 e. The Labute approximate surface area is 156 Å². The number of likely N-dealkylation sites (tertiary alicyclic amines) is 1. The van der Waals surface area contributed by atoms with Gasteiger partial charge in [0.05, 0.1) is 14.2 Å². The number of hydrogen-bond acceptors (Lipinski definition) is 4. The van der Waals surface area contributed by atoms with Crippen LogP contribution in [-0.2, 0) is 10.2 Å². The SMILES string of the molecule is COc1ccc([C@]23CCN(C)[C@H]2CC2(CCCC(=O)C2)CC3)cc1OC. The highest BCUT2D eigenvalue weighted by Crippen LogP contribution is 2.57. The smallest absolute Gasteiger partial charge is 0.161 e. The first-order chi connectivity index (χ1) is 12.5. The lowest BCUT2D eigenvalue weighted by molar-refractivity contribution is -0.125. The van der Waals surface area contributed by atoms with Crippen LogP contribution in [0.2, 0.25) is 0 Å². The second-order valence-corrected chi connectivity index (χ2v) is 8.75. The van der Waals surface area contributed by atoms with Crippen molar-refractivity contribution < 1.29 is 14.3 Å². The molecule has 1 aliphatic heterocycles. The monoisotopic (exact) mass is 357 g/mol. The molecular weight excluding hydrogens is 326 g/mol. The molecular formula is C22H31NO3.